The largest absolute Gasteiger partial charge is 0.398 e. The zero-order valence-electron chi connectivity index (χ0n) is 12.3. The summed E-state index contributed by atoms with van der Waals surface area (Å²) >= 11 is 6.05. The number of hydrogen-bond donors (Lipinski definition) is 2. The van der Waals surface area contributed by atoms with E-state index in [0.29, 0.717) is 22.0 Å². The highest BCUT2D eigenvalue weighted by atomic mass is 35.5. The van der Waals surface area contributed by atoms with Crippen molar-refractivity contribution in [3.63, 3.8) is 0 Å². The Bertz CT molecular complexity index is 663. The summed E-state index contributed by atoms with van der Waals surface area (Å²) in [5, 5.41) is 3.17. The molecule has 0 aliphatic carbocycles. The van der Waals surface area contributed by atoms with Gasteiger partial charge in [-0.05, 0) is 36.8 Å². The fraction of sp³-hybridized carbons (Fsp3) is 0.188. The molecule has 2 aromatic rings. The molecule has 21 heavy (non-hydrogen) atoms. The number of hydrogen-bond acceptors (Lipinski definition) is 3. The van der Waals surface area contributed by atoms with Crippen LogP contribution in [0.3, 0.4) is 0 Å². The molecule has 5 heteroatoms. The smallest absolute Gasteiger partial charge is 0.259 e. The van der Waals surface area contributed by atoms with Gasteiger partial charge in [0.15, 0.2) is 0 Å². The summed E-state index contributed by atoms with van der Waals surface area (Å²) in [6, 6.07) is 10.7. The Hall–Kier alpha value is -2.20. The molecule has 0 radical (unpaired) electrons. The van der Waals surface area contributed by atoms with E-state index in [2.05, 4.69) is 5.32 Å². The number of nitrogens with zero attached hydrogens (tertiary/aromatic N) is 1. The minimum atomic E-state index is -0.313. The van der Waals surface area contributed by atoms with Crippen LogP contribution < -0.4 is 16.0 Å². The van der Waals surface area contributed by atoms with Crippen molar-refractivity contribution in [2.45, 2.75) is 6.92 Å². The van der Waals surface area contributed by atoms with Crippen molar-refractivity contribution in [2.24, 2.45) is 0 Å². The lowest BCUT2D eigenvalue weighted by Crippen LogP contribution is -2.16. The monoisotopic (exact) mass is 303 g/mol. The topological polar surface area (TPSA) is 58.4 Å². The Labute approximate surface area is 129 Å². The van der Waals surface area contributed by atoms with E-state index in [0.717, 1.165) is 11.3 Å². The highest BCUT2D eigenvalue weighted by Crippen LogP contribution is 2.26. The lowest BCUT2D eigenvalue weighted by atomic mass is 10.1. The van der Waals surface area contributed by atoms with Crippen LogP contribution in [0.2, 0.25) is 5.02 Å². The summed E-state index contributed by atoms with van der Waals surface area (Å²) in [6.45, 7) is 2.02. The Morgan fingerprint density at radius 3 is 2.57 bits per heavy atom. The number of benzene rings is 2. The highest BCUT2D eigenvalue weighted by Gasteiger charge is 2.14. The molecule has 0 fully saturated rings. The van der Waals surface area contributed by atoms with Crippen LogP contribution >= 0.6 is 11.6 Å². The van der Waals surface area contributed by atoms with E-state index in [4.69, 9.17) is 17.3 Å². The third-order valence-corrected chi connectivity index (χ3v) is 3.54. The molecule has 0 aromatic heterocycles. The molecule has 4 nitrogen and oxygen atoms in total. The van der Waals surface area contributed by atoms with E-state index in [1.165, 1.54) is 0 Å². The average molecular weight is 304 g/mol. The quantitative estimate of drug-likeness (QED) is 0.853. The Balaban J connectivity index is 2.30. The first kappa shape index (κ1) is 15.2. The summed E-state index contributed by atoms with van der Waals surface area (Å²) in [4.78, 5) is 14.3. The SMILES string of the molecule is Cc1ccc(NC(=O)c2c(N)cccc2Cl)cc1N(C)C. The summed E-state index contributed by atoms with van der Waals surface area (Å²) in [6.07, 6.45) is 0. The van der Waals surface area contributed by atoms with Gasteiger partial charge in [0.2, 0.25) is 0 Å². The van der Waals surface area contributed by atoms with Crippen molar-refractivity contribution in [1.29, 1.82) is 0 Å². The number of rotatable bonds is 3. The number of amides is 1. The van der Waals surface area contributed by atoms with Crippen LogP contribution in [-0.4, -0.2) is 20.0 Å². The molecule has 0 aliphatic rings. The van der Waals surface area contributed by atoms with E-state index in [1.807, 2.05) is 44.1 Å². The third kappa shape index (κ3) is 3.28. The predicted molar refractivity (Wildman–Crippen MR) is 89.3 cm³/mol. The van der Waals surface area contributed by atoms with Crippen molar-refractivity contribution < 1.29 is 4.79 Å². The van der Waals surface area contributed by atoms with Crippen LogP contribution in [0.15, 0.2) is 36.4 Å². The summed E-state index contributed by atoms with van der Waals surface area (Å²) in [7, 11) is 3.92. The van der Waals surface area contributed by atoms with Gasteiger partial charge >= 0.3 is 0 Å². The van der Waals surface area contributed by atoms with Gasteiger partial charge in [0.05, 0.1) is 10.6 Å². The minimum Gasteiger partial charge on any atom is -0.398 e. The number of nitrogens with two attached hydrogens (primary N) is 1. The number of carbonyl (C=O) groups excluding carboxylic acids is 1. The van der Waals surface area contributed by atoms with E-state index >= 15 is 0 Å². The van der Waals surface area contributed by atoms with E-state index < -0.39 is 0 Å². The van der Waals surface area contributed by atoms with Crippen LogP contribution in [0.4, 0.5) is 17.1 Å². The van der Waals surface area contributed by atoms with Gasteiger partial charge in [0, 0.05) is 31.2 Å². The van der Waals surface area contributed by atoms with E-state index in [1.54, 1.807) is 18.2 Å². The van der Waals surface area contributed by atoms with Gasteiger partial charge in [-0.1, -0.05) is 23.7 Å². The average Bonchev–Trinajstić information content (AvgIpc) is 2.40. The molecule has 0 heterocycles. The standard InChI is InChI=1S/C16H18ClN3O/c1-10-7-8-11(9-14(10)20(2)3)19-16(21)15-12(17)5-4-6-13(15)18/h4-9H,18H2,1-3H3,(H,19,21). The predicted octanol–water partition coefficient (Wildman–Crippen LogP) is 3.55. The number of halogens is 1. The fourth-order valence-corrected chi connectivity index (χ4v) is 2.41. The van der Waals surface area contributed by atoms with Crippen molar-refractivity contribution in [3.05, 3.63) is 52.5 Å². The Morgan fingerprint density at radius 1 is 1.24 bits per heavy atom. The molecular weight excluding hydrogens is 286 g/mol. The fourth-order valence-electron chi connectivity index (χ4n) is 2.14. The number of carbonyl (C=O) groups is 1. The van der Waals surface area contributed by atoms with Crippen LogP contribution in [-0.2, 0) is 0 Å². The molecule has 110 valence electrons. The summed E-state index contributed by atoms with van der Waals surface area (Å²) in [5.74, 6) is -0.313. The van der Waals surface area contributed by atoms with Gasteiger partial charge in [-0.3, -0.25) is 4.79 Å². The van der Waals surface area contributed by atoms with E-state index in [9.17, 15) is 4.79 Å². The normalized spacial score (nSPS) is 10.3. The second kappa shape index (κ2) is 6.06. The highest BCUT2D eigenvalue weighted by molar-refractivity contribution is 6.35. The second-order valence-corrected chi connectivity index (χ2v) is 5.46. The molecule has 0 saturated carbocycles. The van der Waals surface area contributed by atoms with Gasteiger partial charge in [-0.15, -0.1) is 0 Å². The van der Waals surface area contributed by atoms with Crippen LogP contribution in [0.25, 0.3) is 0 Å². The molecule has 1 amide bonds. The summed E-state index contributed by atoms with van der Waals surface area (Å²) < 4.78 is 0. The van der Waals surface area contributed by atoms with Crippen LogP contribution in [0.1, 0.15) is 15.9 Å². The molecule has 0 spiro atoms. The zero-order valence-corrected chi connectivity index (χ0v) is 13.0. The third-order valence-electron chi connectivity index (χ3n) is 3.22. The van der Waals surface area contributed by atoms with Crippen LogP contribution in [0, 0.1) is 6.92 Å². The van der Waals surface area contributed by atoms with Crippen molar-refractivity contribution in [3.8, 4) is 0 Å². The maximum absolute atomic E-state index is 12.3. The molecule has 2 rings (SSSR count). The maximum atomic E-state index is 12.3. The van der Waals surface area contributed by atoms with Crippen molar-refractivity contribution in [1.82, 2.24) is 0 Å². The van der Waals surface area contributed by atoms with Gasteiger partial charge in [-0.25, -0.2) is 0 Å². The lowest BCUT2D eigenvalue weighted by Gasteiger charge is -2.17. The first-order valence-corrected chi connectivity index (χ1v) is 6.91. The first-order chi connectivity index (χ1) is 9.90. The molecular formula is C16H18ClN3O. The number of aryl methyl sites for hydroxylation is 1. The van der Waals surface area contributed by atoms with Crippen molar-refractivity contribution >= 4 is 34.6 Å². The van der Waals surface area contributed by atoms with Gasteiger partial charge in [-0.2, -0.15) is 0 Å². The molecule has 0 saturated heterocycles. The Kier molecular flexibility index (Phi) is 4.38. The van der Waals surface area contributed by atoms with Gasteiger partial charge in [0.25, 0.3) is 5.91 Å². The van der Waals surface area contributed by atoms with Crippen LogP contribution in [0.5, 0.6) is 0 Å². The van der Waals surface area contributed by atoms with Gasteiger partial charge in [0.1, 0.15) is 0 Å². The molecule has 0 bridgehead atoms. The molecule has 0 unspecified atom stereocenters. The summed E-state index contributed by atoms with van der Waals surface area (Å²) in [5.41, 5.74) is 9.36. The zero-order chi connectivity index (χ0) is 15.6. The Morgan fingerprint density at radius 2 is 1.95 bits per heavy atom. The second-order valence-electron chi connectivity index (χ2n) is 5.05. The molecule has 0 atom stereocenters. The number of anilines is 3. The molecule has 2 aromatic carbocycles. The molecule has 0 aliphatic heterocycles. The molecule has 3 N–H and O–H groups in total. The number of nitrogen functional groups attached to an aromatic ring is 1. The van der Waals surface area contributed by atoms with Crippen molar-refractivity contribution in [2.75, 3.05) is 30.0 Å². The van der Waals surface area contributed by atoms with E-state index in [-0.39, 0.29) is 5.91 Å². The van der Waals surface area contributed by atoms with Gasteiger partial charge < -0.3 is 16.0 Å². The maximum Gasteiger partial charge on any atom is 0.259 e. The minimum absolute atomic E-state index is 0.297. The first-order valence-electron chi connectivity index (χ1n) is 6.53. The lowest BCUT2D eigenvalue weighted by molar-refractivity contribution is 0.102. The number of nitrogens with one attached hydrogen (secondary N) is 1.